The molecule has 5 heteroatoms. The number of hydrogen-bond donors (Lipinski definition) is 2. The van der Waals surface area contributed by atoms with Gasteiger partial charge in [0.05, 0.1) is 11.9 Å². The minimum absolute atomic E-state index is 0.0272. The normalized spacial score (nSPS) is 11.5. The standard InChI is InChI=1S/C14H23O4P/c1-2-3-4-5-6-7-12-18-13-8-10-14(11-9-13)19(15,16)17/h8-11H,2-7,12H2,1H3,(H2,15,16,17). The predicted molar refractivity (Wildman–Crippen MR) is 77.0 cm³/mol. The van der Waals surface area contributed by atoms with Gasteiger partial charge in [0.25, 0.3) is 0 Å². The molecule has 0 radical (unpaired) electrons. The summed E-state index contributed by atoms with van der Waals surface area (Å²) < 4.78 is 16.5. The molecule has 1 aromatic carbocycles. The average molecular weight is 286 g/mol. The van der Waals surface area contributed by atoms with Gasteiger partial charge in [-0.3, -0.25) is 4.57 Å². The van der Waals surface area contributed by atoms with E-state index >= 15 is 0 Å². The molecule has 0 atom stereocenters. The molecule has 0 aliphatic rings. The molecule has 0 bridgehead atoms. The molecule has 0 saturated heterocycles. The first kappa shape index (κ1) is 16.2. The third-order valence-corrected chi connectivity index (χ3v) is 3.91. The fourth-order valence-electron chi connectivity index (χ4n) is 1.81. The van der Waals surface area contributed by atoms with Crippen molar-refractivity contribution in [2.24, 2.45) is 0 Å². The van der Waals surface area contributed by atoms with E-state index < -0.39 is 7.60 Å². The van der Waals surface area contributed by atoms with Crippen LogP contribution in [0.15, 0.2) is 24.3 Å². The van der Waals surface area contributed by atoms with E-state index in [1.165, 1.54) is 44.2 Å². The molecule has 0 saturated carbocycles. The summed E-state index contributed by atoms with van der Waals surface area (Å²) >= 11 is 0. The van der Waals surface area contributed by atoms with Gasteiger partial charge in [0, 0.05) is 0 Å². The fourth-order valence-corrected chi connectivity index (χ4v) is 2.35. The van der Waals surface area contributed by atoms with E-state index in [0.29, 0.717) is 12.4 Å². The maximum Gasteiger partial charge on any atom is 0.356 e. The van der Waals surface area contributed by atoms with Gasteiger partial charge in [0.1, 0.15) is 5.75 Å². The predicted octanol–water partition coefficient (Wildman–Crippen LogP) is 3.23. The van der Waals surface area contributed by atoms with Gasteiger partial charge in [0.15, 0.2) is 0 Å². The highest BCUT2D eigenvalue weighted by molar-refractivity contribution is 7.60. The Morgan fingerprint density at radius 2 is 1.58 bits per heavy atom. The van der Waals surface area contributed by atoms with E-state index in [-0.39, 0.29) is 5.30 Å². The van der Waals surface area contributed by atoms with Crippen LogP contribution in [0.25, 0.3) is 0 Å². The minimum Gasteiger partial charge on any atom is -0.494 e. The van der Waals surface area contributed by atoms with Crippen molar-refractivity contribution in [3.63, 3.8) is 0 Å². The van der Waals surface area contributed by atoms with Gasteiger partial charge < -0.3 is 14.5 Å². The molecule has 1 aromatic rings. The minimum atomic E-state index is -4.14. The van der Waals surface area contributed by atoms with Crippen LogP contribution in [-0.2, 0) is 4.57 Å². The summed E-state index contributed by atoms with van der Waals surface area (Å²) in [7, 11) is -4.14. The Morgan fingerprint density at radius 1 is 1.00 bits per heavy atom. The molecular weight excluding hydrogens is 263 g/mol. The maximum absolute atomic E-state index is 11.0. The Bertz CT molecular complexity index is 396. The van der Waals surface area contributed by atoms with Crippen molar-refractivity contribution in [1.29, 1.82) is 0 Å². The Balaban J connectivity index is 2.22. The van der Waals surface area contributed by atoms with Gasteiger partial charge in [-0.05, 0) is 30.7 Å². The average Bonchev–Trinajstić information content (AvgIpc) is 2.37. The van der Waals surface area contributed by atoms with Crippen LogP contribution in [0, 0.1) is 0 Å². The Hall–Kier alpha value is -0.830. The van der Waals surface area contributed by atoms with Crippen LogP contribution in [0.3, 0.4) is 0 Å². The van der Waals surface area contributed by atoms with Crippen molar-refractivity contribution in [2.45, 2.75) is 45.4 Å². The molecule has 19 heavy (non-hydrogen) atoms. The van der Waals surface area contributed by atoms with Gasteiger partial charge in [-0.1, -0.05) is 39.0 Å². The molecule has 0 aliphatic carbocycles. The third kappa shape index (κ3) is 6.76. The van der Waals surface area contributed by atoms with Crippen LogP contribution in [0.1, 0.15) is 45.4 Å². The summed E-state index contributed by atoms with van der Waals surface area (Å²) in [5, 5.41) is 0.0272. The summed E-state index contributed by atoms with van der Waals surface area (Å²) in [6.07, 6.45) is 7.26. The van der Waals surface area contributed by atoms with Crippen LogP contribution in [-0.4, -0.2) is 16.4 Å². The van der Waals surface area contributed by atoms with Crippen molar-refractivity contribution >= 4 is 12.9 Å². The maximum atomic E-state index is 11.0. The first-order valence-corrected chi connectivity index (χ1v) is 8.44. The van der Waals surface area contributed by atoms with Crippen molar-refractivity contribution in [3.05, 3.63) is 24.3 Å². The first-order chi connectivity index (χ1) is 9.04. The topological polar surface area (TPSA) is 66.8 Å². The lowest BCUT2D eigenvalue weighted by atomic mass is 10.1. The van der Waals surface area contributed by atoms with Gasteiger partial charge in [0.2, 0.25) is 0 Å². The molecule has 0 fully saturated rings. The van der Waals surface area contributed by atoms with Gasteiger partial charge in [-0.2, -0.15) is 0 Å². The molecule has 0 aromatic heterocycles. The van der Waals surface area contributed by atoms with Crippen molar-refractivity contribution in [2.75, 3.05) is 6.61 Å². The molecule has 0 amide bonds. The zero-order valence-corrected chi connectivity index (χ0v) is 12.3. The van der Waals surface area contributed by atoms with Gasteiger partial charge in [-0.15, -0.1) is 0 Å². The summed E-state index contributed by atoms with van der Waals surface area (Å²) in [5.41, 5.74) is 0. The van der Waals surface area contributed by atoms with Crippen LogP contribution in [0.4, 0.5) is 0 Å². The van der Waals surface area contributed by atoms with Crippen molar-refractivity contribution < 1.29 is 19.1 Å². The highest BCUT2D eigenvalue weighted by Crippen LogP contribution is 2.33. The van der Waals surface area contributed by atoms with Crippen LogP contribution in [0.2, 0.25) is 0 Å². The third-order valence-electron chi connectivity index (χ3n) is 2.94. The van der Waals surface area contributed by atoms with E-state index in [0.717, 1.165) is 6.42 Å². The molecule has 0 unspecified atom stereocenters. The smallest absolute Gasteiger partial charge is 0.356 e. The molecule has 0 heterocycles. The van der Waals surface area contributed by atoms with Crippen molar-refractivity contribution in [1.82, 2.24) is 0 Å². The molecule has 1 rings (SSSR count). The lowest BCUT2D eigenvalue weighted by molar-refractivity contribution is 0.304. The lowest BCUT2D eigenvalue weighted by Crippen LogP contribution is -2.04. The largest absolute Gasteiger partial charge is 0.494 e. The second kappa shape index (κ2) is 8.36. The van der Waals surface area contributed by atoms with Gasteiger partial charge >= 0.3 is 7.60 Å². The number of hydrogen-bond acceptors (Lipinski definition) is 2. The Kier molecular flexibility index (Phi) is 7.14. The Morgan fingerprint density at radius 3 is 2.16 bits per heavy atom. The first-order valence-electron chi connectivity index (χ1n) is 6.83. The van der Waals surface area contributed by atoms with Crippen LogP contribution in [0.5, 0.6) is 5.75 Å². The molecular formula is C14H23O4P. The molecule has 2 N–H and O–H groups in total. The highest BCUT2D eigenvalue weighted by Gasteiger charge is 2.16. The molecule has 0 aliphatic heterocycles. The highest BCUT2D eigenvalue weighted by atomic mass is 31.2. The fraction of sp³-hybridized carbons (Fsp3) is 0.571. The van der Waals surface area contributed by atoms with Crippen molar-refractivity contribution in [3.8, 4) is 5.75 Å². The summed E-state index contributed by atoms with van der Waals surface area (Å²) in [6, 6.07) is 6.03. The number of ether oxygens (including phenoxy) is 1. The van der Waals surface area contributed by atoms with Crippen LogP contribution >= 0.6 is 7.60 Å². The number of benzene rings is 1. The second-order valence-electron chi connectivity index (χ2n) is 4.65. The van der Waals surface area contributed by atoms with E-state index in [2.05, 4.69) is 6.92 Å². The zero-order chi connectivity index (χ0) is 14.1. The SMILES string of the molecule is CCCCCCCCOc1ccc(P(=O)(O)O)cc1. The summed E-state index contributed by atoms with van der Waals surface area (Å²) in [4.78, 5) is 17.9. The Labute approximate surface area is 115 Å². The molecule has 0 spiro atoms. The quantitative estimate of drug-likeness (QED) is 0.540. The zero-order valence-electron chi connectivity index (χ0n) is 11.4. The number of unbranched alkanes of at least 4 members (excludes halogenated alkanes) is 5. The monoisotopic (exact) mass is 286 g/mol. The van der Waals surface area contributed by atoms with E-state index in [1.807, 2.05) is 0 Å². The second-order valence-corrected chi connectivity index (χ2v) is 6.26. The van der Waals surface area contributed by atoms with Gasteiger partial charge in [-0.25, -0.2) is 0 Å². The van der Waals surface area contributed by atoms with Crippen LogP contribution < -0.4 is 10.0 Å². The summed E-state index contributed by atoms with van der Waals surface area (Å²) in [5.74, 6) is 0.658. The van der Waals surface area contributed by atoms with E-state index in [1.54, 1.807) is 12.1 Å². The molecule has 4 nitrogen and oxygen atoms in total. The van der Waals surface area contributed by atoms with E-state index in [4.69, 9.17) is 14.5 Å². The lowest BCUT2D eigenvalue weighted by Gasteiger charge is -2.08. The summed E-state index contributed by atoms with van der Waals surface area (Å²) in [6.45, 7) is 2.85. The molecule has 108 valence electrons. The van der Waals surface area contributed by atoms with E-state index in [9.17, 15) is 4.57 Å². The number of rotatable bonds is 9.